The molecule has 3 aromatic heterocycles. The van der Waals surface area contributed by atoms with Gasteiger partial charge in [0.2, 0.25) is 5.91 Å². The molecule has 4 heterocycles. The quantitative estimate of drug-likeness (QED) is 0.389. The van der Waals surface area contributed by atoms with E-state index < -0.39 is 11.9 Å². The van der Waals surface area contributed by atoms with E-state index in [1.165, 1.54) is 11.7 Å². The van der Waals surface area contributed by atoms with Crippen molar-refractivity contribution in [2.45, 2.75) is 38.4 Å². The van der Waals surface area contributed by atoms with Gasteiger partial charge in [-0.2, -0.15) is 18.3 Å². The highest BCUT2D eigenvalue weighted by Crippen LogP contribution is 2.33. The number of benzene rings is 1. The van der Waals surface area contributed by atoms with Gasteiger partial charge in [0, 0.05) is 69.1 Å². The van der Waals surface area contributed by atoms with Gasteiger partial charge in [0.15, 0.2) is 5.69 Å². The smallest absolute Gasteiger partial charge is 0.342 e. The molecule has 0 spiro atoms. The number of nitrogens with one attached hydrogen (secondary N) is 1. The SMILES string of the molecule is CC(c1ccnc(Cc2nc3ccc(-c4cc(C(F)(F)F)nn4C)cc3[nH]2)c1)N1CCN(C(=O)C2CC2)CC1. The van der Waals surface area contributed by atoms with Crippen molar-refractivity contribution in [2.75, 3.05) is 26.2 Å². The van der Waals surface area contributed by atoms with Crippen molar-refractivity contribution in [3.63, 3.8) is 0 Å². The first-order valence-corrected chi connectivity index (χ1v) is 13.2. The van der Waals surface area contributed by atoms with E-state index in [9.17, 15) is 18.0 Å². The summed E-state index contributed by atoms with van der Waals surface area (Å²) in [4.78, 5) is 29.3. The number of carbonyl (C=O) groups is 1. The second-order valence-electron chi connectivity index (χ2n) is 10.5. The van der Waals surface area contributed by atoms with Crippen LogP contribution in [0.2, 0.25) is 0 Å². The molecule has 8 nitrogen and oxygen atoms in total. The maximum atomic E-state index is 13.1. The Morgan fingerprint density at radius 2 is 1.87 bits per heavy atom. The number of piperazine rings is 1. The highest BCUT2D eigenvalue weighted by Gasteiger charge is 2.36. The van der Waals surface area contributed by atoms with Crippen molar-refractivity contribution in [3.05, 3.63) is 65.4 Å². The van der Waals surface area contributed by atoms with Crippen molar-refractivity contribution in [1.29, 1.82) is 0 Å². The molecule has 1 N–H and O–H groups in total. The summed E-state index contributed by atoms with van der Waals surface area (Å²) in [6.45, 7) is 5.43. The van der Waals surface area contributed by atoms with E-state index in [0.29, 0.717) is 23.6 Å². The Labute approximate surface area is 223 Å². The predicted octanol–water partition coefficient (Wildman–Crippen LogP) is 4.58. The third kappa shape index (κ3) is 5.27. The summed E-state index contributed by atoms with van der Waals surface area (Å²) in [6.07, 6.45) is -0.110. The lowest BCUT2D eigenvalue weighted by molar-refractivity contribution is -0.141. The third-order valence-corrected chi connectivity index (χ3v) is 7.77. The summed E-state index contributed by atoms with van der Waals surface area (Å²) in [5, 5.41) is 3.61. The number of hydrogen-bond donors (Lipinski definition) is 1. The average Bonchev–Trinajstić information content (AvgIpc) is 3.57. The van der Waals surface area contributed by atoms with Gasteiger partial charge < -0.3 is 9.88 Å². The van der Waals surface area contributed by atoms with Crippen molar-refractivity contribution in [2.24, 2.45) is 13.0 Å². The summed E-state index contributed by atoms with van der Waals surface area (Å²) < 4.78 is 40.5. The summed E-state index contributed by atoms with van der Waals surface area (Å²) >= 11 is 0. The number of nitrogens with zero attached hydrogens (tertiary/aromatic N) is 6. The number of alkyl halides is 3. The molecular weight excluding hydrogens is 507 g/mol. The number of rotatable bonds is 6. The Morgan fingerprint density at radius 3 is 2.56 bits per heavy atom. The fraction of sp³-hybridized carbons (Fsp3) is 0.429. The van der Waals surface area contributed by atoms with Gasteiger partial charge >= 0.3 is 6.18 Å². The summed E-state index contributed by atoms with van der Waals surface area (Å²) in [7, 11) is 1.50. The molecule has 0 radical (unpaired) electrons. The van der Waals surface area contributed by atoms with Gasteiger partial charge in [0.25, 0.3) is 0 Å². The summed E-state index contributed by atoms with van der Waals surface area (Å²) in [6, 6.07) is 10.7. The second kappa shape index (κ2) is 9.78. The van der Waals surface area contributed by atoms with Crippen LogP contribution in [-0.2, 0) is 24.4 Å². The van der Waals surface area contributed by atoms with E-state index >= 15 is 0 Å². The van der Waals surface area contributed by atoms with E-state index in [1.54, 1.807) is 18.2 Å². The molecule has 1 aliphatic carbocycles. The van der Waals surface area contributed by atoms with Gasteiger partial charge in [0.05, 0.1) is 16.7 Å². The second-order valence-corrected chi connectivity index (χ2v) is 10.5. The van der Waals surface area contributed by atoms with Crippen LogP contribution in [0.5, 0.6) is 0 Å². The minimum atomic E-state index is -4.50. The minimum Gasteiger partial charge on any atom is -0.342 e. The molecule has 0 bridgehead atoms. The first kappa shape index (κ1) is 25.5. The largest absolute Gasteiger partial charge is 0.435 e. The standard InChI is InChI=1S/C28H30F3N7O/c1-17(37-9-11-38(12-10-37)27(39)18-3-4-18)19-7-8-32-21(13-19)15-26-33-22-6-5-20(14-23(22)34-26)24-16-25(28(29,30)31)35-36(24)2/h5-8,13-14,16-18H,3-4,9-12,15H2,1-2H3,(H,33,34). The van der Waals surface area contributed by atoms with Crippen LogP contribution in [-0.4, -0.2) is 66.6 Å². The van der Waals surface area contributed by atoms with E-state index in [2.05, 4.69) is 37.9 Å². The number of aromatic amines is 1. The number of H-pyrrole nitrogens is 1. The van der Waals surface area contributed by atoms with E-state index in [1.807, 2.05) is 17.2 Å². The third-order valence-electron chi connectivity index (χ3n) is 7.77. The molecule has 1 aliphatic heterocycles. The fourth-order valence-corrected chi connectivity index (χ4v) is 5.34. The van der Waals surface area contributed by atoms with E-state index in [-0.39, 0.29) is 12.0 Å². The number of pyridine rings is 1. The van der Waals surface area contributed by atoms with Gasteiger partial charge in [-0.1, -0.05) is 6.07 Å². The Morgan fingerprint density at radius 1 is 1.10 bits per heavy atom. The zero-order chi connectivity index (χ0) is 27.3. The maximum Gasteiger partial charge on any atom is 0.435 e. The van der Waals surface area contributed by atoms with Gasteiger partial charge in [-0.05, 0) is 55.7 Å². The molecule has 1 aromatic carbocycles. The number of amides is 1. The maximum absolute atomic E-state index is 13.1. The first-order valence-electron chi connectivity index (χ1n) is 13.2. The van der Waals surface area contributed by atoms with Crippen LogP contribution in [0.4, 0.5) is 13.2 Å². The van der Waals surface area contributed by atoms with Crippen molar-refractivity contribution >= 4 is 16.9 Å². The summed E-state index contributed by atoms with van der Waals surface area (Å²) in [5.74, 6) is 1.31. The molecule has 1 atom stereocenters. The average molecular weight is 538 g/mol. The van der Waals surface area contributed by atoms with Crippen LogP contribution >= 0.6 is 0 Å². The zero-order valence-electron chi connectivity index (χ0n) is 21.9. The minimum absolute atomic E-state index is 0.198. The lowest BCUT2D eigenvalue weighted by atomic mass is 10.1. The molecule has 2 fully saturated rings. The van der Waals surface area contributed by atoms with Gasteiger partial charge in [-0.15, -0.1) is 0 Å². The molecule has 1 unspecified atom stereocenters. The molecule has 1 amide bonds. The molecule has 39 heavy (non-hydrogen) atoms. The highest BCUT2D eigenvalue weighted by atomic mass is 19.4. The molecule has 2 aliphatic rings. The Kier molecular flexibility index (Phi) is 6.41. The number of carbonyl (C=O) groups excluding carboxylic acids is 1. The van der Waals surface area contributed by atoms with Crippen LogP contribution in [0.25, 0.3) is 22.3 Å². The molecule has 1 saturated heterocycles. The zero-order valence-corrected chi connectivity index (χ0v) is 21.9. The molecule has 11 heteroatoms. The number of fused-ring (bicyclic) bond motifs is 1. The van der Waals surface area contributed by atoms with Gasteiger partial charge in [-0.3, -0.25) is 19.4 Å². The van der Waals surface area contributed by atoms with Crippen LogP contribution in [0.1, 0.15) is 48.6 Å². The molecule has 4 aromatic rings. The lowest BCUT2D eigenvalue weighted by Gasteiger charge is -2.38. The Bertz CT molecular complexity index is 1510. The van der Waals surface area contributed by atoms with Crippen molar-refractivity contribution in [1.82, 2.24) is 34.5 Å². The van der Waals surface area contributed by atoms with Crippen LogP contribution in [0.3, 0.4) is 0 Å². The normalized spacial score (nSPS) is 17.6. The van der Waals surface area contributed by atoms with Gasteiger partial charge in [-0.25, -0.2) is 4.98 Å². The van der Waals surface area contributed by atoms with Crippen molar-refractivity contribution in [3.8, 4) is 11.3 Å². The number of aryl methyl sites for hydroxylation is 1. The number of hydrogen-bond acceptors (Lipinski definition) is 5. The van der Waals surface area contributed by atoms with Gasteiger partial charge in [0.1, 0.15) is 5.82 Å². The first-order chi connectivity index (χ1) is 18.7. The number of halogens is 3. The molecular formula is C28H30F3N7O. The molecule has 1 saturated carbocycles. The Hall–Kier alpha value is -3.73. The highest BCUT2D eigenvalue weighted by molar-refractivity contribution is 5.82. The summed E-state index contributed by atoms with van der Waals surface area (Å²) in [5.41, 5.74) is 3.59. The Balaban J connectivity index is 1.15. The lowest BCUT2D eigenvalue weighted by Crippen LogP contribution is -2.49. The van der Waals surface area contributed by atoms with Crippen LogP contribution in [0.15, 0.2) is 42.6 Å². The predicted molar refractivity (Wildman–Crippen MR) is 140 cm³/mol. The van der Waals surface area contributed by atoms with Crippen LogP contribution in [0, 0.1) is 5.92 Å². The van der Waals surface area contributed by atoms with Crippen LogP contribution < -0.4 is 0 Å². The fourth-order valence-electron chi connectivity index (χ4n) is 5.34. The van der Waals surface area contributed by atoms with E-state index in [4.69, 9.17) is 0 Å². The molecule has 6 rings (SSSR count). The van der Waals surface area contributed by atoms with Crippen molar-refractivity contribution < 1.29 is 18.0 Å². The molecule has 204 valence electrons. The van der Waals surface area contributed by atoms with E-state index in [0.717, 1.165) is 73.2 Å². The number of imidazole rings is 1. The monoisotopic (exact) mass is 537 g/mol. The topological polar surface area (TPSA) is 82.9 Å². The number of aromatic nitrogens is 5.